The number of hydrogen-bond acceptors (Lipinski definition) is 5. The van der Waals surface area contributed by atoms with Gasteiger partial charge in [0, 0.05) is 12.2 Å². The molecule has 0 radical (unpaired) electrons. The fourth-order valence-electron chi connectivity index (χ4n) is 1.52. The van der Waals surface area contributed by atoms with Gasteiger partial charge in [-0.05, 0) is 6.42 Å². The largest absolute Gasteiger partial charge is 0.468 e. The van der Waals surface area contributed by atoms with Crippen LogP contribution in [-0.2, 0) is 9.53 Å². The molecule has 0 aliphatic carbocycles. The monoisotopic (exact) mass is 251 g/mol. The number of ketones is 1. The van der Waals surface area contributed by atoms with E-state index in [1.54, 1.807) is 24.3 Å². The molecule has 1 aromatic carbocycles. The van der Waals surface area contributed by atoms with Crippen molar-refractivity contribution < 1.29 is 19.4 Å². The van der Waals surface area contributed by atoms with Crippen LogP contribution >= 0.6 is 0 Å². The lowest BCUT2D eigenvalue weighted by atomic mass is 10.1. The Morgan fingerprint density at radius 3 is 2.56 bits per heavy atom. The Morgan fingerprint density at radius 2 is 2.00 bits per heavy atom. The number of carbonyl (C=O) groups is 2. The first-order chi connectivity index (χ1) is 8.69. The molecule has 0 heterocycles. The molecule has 0 amide bonds. The van der Waals surface area contributed by atoms with Gasteiger partial charge in [-0.25, -0.2) is 0 Å². The Morgan fingerprint density at radius 1 is 1.33 bits per heavy atom. The maximum atomic E-state index is 11.8. The predicted octanol–water partition coefficient (Wildman–Crippen LogP) is 0.383. The van der Waals surface area contributed by atoms with Crippen molar-refractivity contribution in [2.75, 3.05) is 20.3 Å². The second-order valence-corrected chi connectivity index (χ2v) is 3.76. The maximum Gasteiger partial charge on any atom is 0.322 e. The lowest BCUT2D eigenvalue weighted by Gasteiger charge is -2.14. The third kappa shape index (κ3) is 4.27. The van der Waals surface area contributed by atoms with Crippen LogP contribution in [0.15, 0.2) is 30.3 Å². The Hall–Kier alpha value is -1.72. The van der Waals surface area contributed by atoms with Crippen LogP contribution in [0.4, 0.5) is 0 Å². The molecule has 0 unspecified atom stereocenters. The first-order valence-corrected chi connectivity index (χ1v) is 5.69. The average molecular weight is 251 g/mol. The summed E-state index contributed by atoms with van der Waals surface area (Å²) in [5, 5.41) is 11.6. The van der Waals surface area contributed by atoms with Crippen molar-refractivity contribution >= 4 is 11.8 Å². The highest BCUT2D eigenvalue weighted by Crippen LogP contribution is 2.00. The van der Waals surface area contributed by atoms with Gasteiger partial charge >= 0.3 is 5.97 Å². The van der Waals surface area contributed by atoms with Gasteiger partial charge in [0.25, 0.3) is 0 Å². The number of benzene rings is 1. The van der Waals surface area contributed by atoms with Crippen LogP contribution in [0.3, 0.4) is 0 Å². The zero-order chi connectivity index (χ0) is 13.4. The van der Waals surface area contributed by atoms with E-state index < -0.39 is 12.0 Å². The van der Waals surface area contributed by atoms with Gasteiger partial charge in [0.15, 0.2) is 5.78 Å². The summed E-state index contributed by atoms with van der Waals surface area (Å²) in [7, 11) is 1.27. The molecule has 0 saturated heterocycles. The molecule has 5 nitrogen and oxygen atoms in total. The molecule has 0 bridgehead atoms. The van der Waals surface area contributed by atoms with E-state index in [9.17, 15) is 9.59 Å². The van der Waals surface area contributed by atoms with Crippen LogP contribution in [0.25, 0.3) is 0 Å². The number of Topliss-reactive ketones (excluding diaryl/α,β-unsaturated/α-hetero) is 1. The van der Waals surface area contributed by atoms with E-state index in [1.165, 1.54) is 7.11 Å². The molecule has 0 aromatic heterocycles. The van der Waals surface area contributed by atoms with Gasteiger partial charge in [-0.2, -0.15) is 0 Å². The number of aliphatic hydroxyl groups excluding tert-OH is 1. The molecule has 1 atom stereocenters. The van der Waals surface area contributed by atoms with Crippen LogP contribution in [0, 0.1) is 0 Å². The van der Waals surface area contributed by atoms with Crippen molar-refractivity contribution in [3.63, 3.8) is 0 Å². The first-order valence-electron chi connectivity index (χ1n) is 5.69. The van der Waals surface area contributed by atoms with Crippen LogP contribution in [0.5, 0.6) is 0 Å². The number of ether oxygens (including phenoxy) is 1. The highest BCUT2D eigenvalue weighted by atomic mass is 16.5. The fraction of sp³-hybridized carbons (Fsp3) is 0.385. The van der Waals surface area contributed by atoms with Gasteiger partial charge < -0.3 is 9.84 Å². The van der Waals surface area contributed by atoms with E-state index in [-0.39, 0.29) is 25.4 Å². The SMILES string of the molecule is COC(=O)[C@H](CCO)NCC(=O)c1ccccc1. The van der Waals surface area contributed by atoms with E-state index in [4.69, 9.17) is 5.11 Å². The smallest absolute Gasteiger partial charge is 0.322 e. The van der Waals surface area contributed by atoms with Crippen LogP contribution in [0.2, 0.25) is 0 Å². The molecule has 0 fully saturated rings. The van der Waals surface area contributed by atoms with Crippen molar-refractivity contribution in [2.24, 2.45) is 0 Å². The lowest BCUT2D eigenvalue weighted by Crippen LogP contribution is -2.41. The van der Waals surface area contributed by atoms with Crippen molar-refractivity contribution in [2.45, 2.75) is 12.5 Å². The lowest BCUT2D eigenvalue weighted by molar-refractivity contribution is -0.143. The summed E-state index contributed by atoms with van der Waals surface area (Å²) in [5.41, 5.74) is 0.581. The highest BCUT2D eigenvalue weighted by Gasteiger charge is 2.19. The van der Waals surface area contributed by atoms with E-state index in [2.05, 4.69) is 10.1 Å². The number of methoxy groups -OCH3 is 1. The number of esters is 1. The van der Waals surface area contributed by atoms with Crippen molar-refractivity contribution in [1.82, 2.24) is 5.32 Å². The van der Waals surface area contributed by atoms with Crippen molar-refractivity contribution in [3.8, 4) is 0 Å². The van der Waals surface area contributed by atoms with Gasteiger partial charge in [-0.3, -0.25) is 14.9 Å². The number of rotatable bonds is 7. The highest BCUT2D eigenvalue weighted by molar-refractivity contribution is 5.97. The zero-order valence-electron chi connectivity index (χ0n) is 10.3. The molecular weight excluding hydrogens is 234 g/mol. The van der Waals surface area contributed by atoms with Gasteiger partial charge in [0.05, 0.1) is 13.7 Å². The second-order valence-electron chi connectivity index (χ2n) is 3.76. The van der Waals surface area contributed by atoms with Gasteiger partial charge in [0.1, 0.15) is 6.04 Å². The minimum Gasteiger partial charge on any atom is -0.468 e. The van der Waals surface area contributed by atoms with Crippen molar-refractivity contribution in [3.05, 3.63) is 35.9 Å². The molecule has 1 rings (SSSR count). The quantitative estimate of drug-likeness (QED) is 0.541. The molecule has 1 aromatic rings. The summed E-state index contributed by atoms with van der Waals surface area (Å²) in [6, 6.07) is 8.14. The average Bonchev–Trinajstić information content (AvgIpc) is 2.43. The van der Waals surface area contributed by atoms with E-state index >= 15 is 0 Å². The van der Waals surface area contributed by atoms with Crippen LogP contribution < -0.4 is 5.32 Å². The fourth-order valence-corrected chi connectivity index (χ4v) is 1.52. The number of nitrogens with one attached hydrogen (secondary N) is 1. The standard InChI is InChI=1S/C13H17NO4/c1-18-13(17)11(7-8-15)14-9-12(16)10-5-3-2-4-6-10/h2-6,11,14-15H,7-9H2,1H3/t11-/m0/s1. The van der Waals surface area contributed by atoms with Gasteiger partial charge in [-0.15, -0.1) is 0 Å². The third-order valence-electron chi connectivity index (χ3n) is 2.51. The number of aliphatic hydroxyl groups is 1. The molecule has 0 aliphatic rings. The molecule has 18 heavy (non-hydrogen) atoms. The topological polar surface area (TPSA) is 75.6 Å². The number of hydrogen-bond donors (Lipinski definition) is 2. The summed E-state index contributed by atoms with van der Waals surface area (Å²) in [5.74, 6) is -0.590. The molecule has 98 valence electrons. The van der Waals surface area contributed by atoms with Crippen molar-refractivity contribution in [1.29, 1.82) is 0 Å². The van der Waals surface area contributed by atoms with Gasteiger partial charge in [0.2, 0.25) is 0 Å². The van der Waals surface area contributed by atoms with Gasteiger partial charge in [-0.1, -0.05) is 30.3 Å². The summed E-state index contributed by atoms with van der Waals surface area (Å²) in [6.45, 7) is -0.115. The Bertz CT molecular complexity index is 391. The second kappa shape index (κ2) is 7.58. The zero-order valence-corrected chi connectivity index (χ0v) is 10.3. The minimum atomic E-state index is -0.660. The molecule has 0 saturated carbocycles. The Kier molecular flexibility index (Phi) is 6.04. The Balaban J connectivity index is 2.52. The minimum absolute atomic E-state index is 0.0315. The molecular formula is C13H17NO4. The van der Waals surface area contributed by atoms with E-state index in [1.807, 2.05) is 6.07 Å². The van der Waals surface area contributed by atoms with E-state index in [0.29, 0.717) is 5.56 Å². The maximum absolute atomic E-state index is 11.8. The summed E-state index contributed by atoms with van der Waals surface area (Å²) < 4.78 is 4.58. The van der Waals surface area contributed by atoms with Crippen LogP contribution in [-0.4, -0.2) is 43.2 Å². The normalized spacial score (nSPS) is 11.9. The molecule has 0 aliphatic heterocycles. The Labute approximate surface area is 106 Å². The summed E-state index contributed by atoms with van der Waals surface area (Å²) >= 11 is 0. The first kappa shape index (κ1) is 14.3. The molecule has 2 N–H and O–H groups in total. The summed E-state index contributed by atoms with van der Waals surface area (Å²) in [6.07, 6.45) is 0.217. The van der Waals surface area contributed by atoms with E-state index in [0.717, 1.165) is 0 Å². The predicted molar refractivity (Wildman–Crippen MR) is 66.3 cm³/mol. The third-order valence-corrected chi connectivity index (χ3v) is 2.51. The van der Waals surface area contributed by atoms with Crippen LogP contribution in [0.1, 0.15) is 16.8 Å². The molecule has 0 spiro atoms. The summed E-state index contributed by atoms with van der Waals surface area (Å²) in [4.78, 5) is 23.1. The number of carbonyl (C=O) groups excluding carboxylic acids is 2. The molecule has 5 heteroatoms.